The molecule has 0 unspecified atom stereocenters. The van der Waals surface area contributed by atoms with Crippen molar-refractivity contribution in [2.24, 2.45) is 0 Å². The second kappa shape index (κ2) is 7.31. The molecule has 1 amide bonds. The van der Waals surface area contributed by atoms with E-state index in [0.717, 1.165) is 12.5 Å². The average molecular weight is 360 g/mol. The lowest BCUT2D eigenvalue weighted by Gasteiger charge is -2.10. The number of amides is 1. The highest BCUT2D eigenvalue weighted by molar-refractivity contribution is 6.30. The molecular weight excluding hydrogens is 345 g/mol. The molecule has 128 valence electrons. The number of hydrogen-bond acceptors (Lipinski definition) is 4. The van der Waals surface area contributed by atoms with Gasteiger partial charge < -0.3 is 15.0 Å². The molecule has 25 heavy (non-hydrogen) atoms. The van der Waals surface area contributed by atoms with Gasteiger partial charge in [-0.15, -0.1) is 6.58 Å². The SMILES string of the molecule is C=CCCNc1nc(NC(=O)c2ccc(Cl)cc2F)cn2ccnc12. The predicted molar refractivity (Wildman–Crippen MR) is 95.7 cm³/mol. The van der Waals surface area contributed by atoms with Crippen molar-refractivity contribution in [2.45, 2.75) is 6.42 Å². The molecule has 3 aromatic rings. The van der Waals surface area contributed by atoms with Crippen LogP contribution in [0.4, 0.5) is 16.0 Å². The molecule has 8 heteroatoms. The smallest absolute Gasteiger partial charge is 0.259 e. The topological polar surface area (TPSA) is 71.3 Å². The molecule has 0 saturated heterocycles. The molecule has 0 aliphatic carbocycles. The minimum absolute atomic E-state index is 0.113. The van der Waals surface area contributed by atoms with Crippen LogP contribution >= 0.6 is 11.6 Å². The summed E-state index contributed by atoms with van der Waals surface area (Å²) in [6.45, 7) is 4.29. The maximum atomic E-state index is 13.9. The highest BCUT2D eigenvalue weighted by Crippen LogP contribution is 2.19. The number of nitrogens with zero attached hydrogens (tertiary/aromatic N) is 3. The third-order valence-electron chi connectivity index (χ3n) is 3.43. The number of carbonyl (C=O) groups excluding carboxylic acids is 1. The Hall–Kier alpha value is -2.93. The van der Waals surface area contributed by atoms with E-state index in [1.807, 2.05) is 0 Å². The first-order valence-corrected chi connectivity index (χ1v) is 7.91. The van der Waals surface area contributed by atoms with Gasteiger partial charge in [0.05, 0.1) is 11.8 Å². The van der Waals surface area contributed by atoms with Crippen LogP contribution in [0.3, 0.4) is 0 Å². The van der Waals surface area contributed by atoms with Crippen molar-refractivity contribution in [3.05, 3.63) is 65.8 Å². The van der Waals surface area contributed by atoms with Crippen LogP contribution in [0.25, 0.3) is 5.65 Å². The Morgan fingerprint density at radius 1 is 1.44 bits per heavy atom. The number of benzene rings is 1. The Kier molecular flexibility index (Phi) is 4.95. The van der Waals surface area contributed by atoms with Crippen LogP contribution in [0.15, 0.2) is 49.4 Å². The van der Waals surface area contributed by atoms with E-state index in [-0.39, 0.29) is 16.4 Å². The molecule has 2 N–H and O–H groups in total. The van der Waals surface area contributed by atoms with Gasteiger partial charge in [-0.1, -0.05) is 17.7 Å². The second-order valence-electron chi connectivity index (χ2n) is 5.22. The van der Waals surface area contributed by atoms with Gasteiger partial charge in [-0.2, -0.15) is 0 Å². The molecule has 0 fully saturated rings. The number of hydrogen-bond donors (Lipinski definition) is 2. The third kappa shape index (κ3) is 3.77. The zero-order valence-corrected chi connectivity index (χ0v) is 13.9. The number of anilines is 2. The van der Waals surface area contributed by atoms with Gasteiger partial charge in [0.1, 0.15) is 5.82 Å². The normalized spacial score (nSPS) is 10.6. The van der Waals surface area contributed by atoms with E-state index >= 15 is 0 Å². The lowest BCUT2D eigenvalue weighted by Crippen LogP contribution is -2.16. The molecule has 0 bridgehead atoms. The van der Waals surface area contributed by atoms with E-state index in [1.165, 1.54) is 12.1 Å². The molecule has 0 saturated carbocycles. The lowest BCUT2D eigenvalue weighted by molar-refractivity contribution is 0.102. The fraction of sp³-hybridized carbons (Fsp3) is 0.118. The highest BCUT2D eigenvalue weighted by Gasteiger charge is 2.14. The molecule has 3 rings (SSSR count). The summed E-state index contributed by atoms with van der Waals surface area (Å²) >= 11 is 5.71. The van der Waals surface area contributed by atoms with Gasteiger partial charge >= 0.3 is 0 Å². The van der Waals surface area contributed by atoms with Crippen molar-refractivity contribution in [1.29, 1.82) is 0 Å². The van der Waals surface area contributed by atoms with Crippen LogP contribution in [0.5, 0.6) is 0 Å². The molecule has 0 aliphatic heterocycles. The summed E-state index contributed by atoms with van der Waals surface area (Å²) in [6, 6.07) is 3.87. The number of nitrogens with one attached hydrogen (secondary N) is 2. The maximum Gasteiger partial charge on any atom is 0.259 e. The molecule has 6 nitrogen and oxygen atoms in total. The van der Waals surface area contributed by atoms with Gasteiger partial charge in [0.25, 0.3) is 5.91 Å². The summed E-state index contributed by atoms with van der Waals surface area (Å²) in [5, 5.41) is 5.95. The summed E-state index contributed by atoms with van der Waals surface area (Å²) in [7, 11) is 0. The third-order valence-corrected chi connectivity index (χ3v) is 3.67. The zero-order chi connectivity index (χ0) is 17.8. The van der Waals surface area contributed by atoms with Gasteiger partial charge in [0.15, 0.2) is 17.3 Å². The lowest BCUT2D eigenvalue weighted by atomic mass is 10.2. The Morgan fingerprint density at radius 2 is 2.28 bits per heavy atom. The fourth-order valence-corrected chi connectivity index (χ4v) is 2.42. The molecule has 0 spiro atoms. The molecule has 0 radical (unpaired) electrons. The first-order chi connectivity index (χ1) is 12.1. The number of aromatic nitrogens is 3. The summed E-state index contributed by atoms with van der Waals surface area (Å²) in [4.78, 5) is 20.9. The van der Waals surface area contributed by atoms with E-state index in [9.17, 15) is 9.18 Å². The van der Waals surface area contributed by atoms with E-state index < -0.39 is 11.7 Å². The maximum absolute atomic E-state index is 13.9. The molecular formula is C17H15ClFN5O. The largest absolute Gasteiger partial charge is 0.367 e. The Balaban J connectivity index is 1.87. The van der Waals surface area contributed by atoms with Crippen LogP contribution in [-0.2, 0) is 0 Å². The van der Waals surface area contributed by atoms with Gasteiger partial charge in [-0.25, -0.2) is 14.4 Å². The number of carbonyl (C=O) groups is 1. The quantitative estimate of drug-likeness (QED) is 0.519. The van der Waals surface area contributed by atoms with Crippen molar-refractivity contribution in [1.82, 2.24) is 14.4 Å². The van der Waals surface area contributed by atoms with E-state index in [0.29, 0.717) is 18.0 Å². The van der Waals surface area contributed by atoms with Gasteiger partial charge in [0, 0.05) is 24.0 Å². The molecule has 0 aliphatic rings. The van der Waals surface area contributed by atoms with Crippen molar-refractivity contribution < 1.29 is 9.18 Å². The number of imidazole rings is 1. The van der Waals surface area contributed by atoms with Gasteiger partial charge in [0.2, 0.25) is 0 Å². The second-order valence-corrected chi connectivity index (χ2v) is 5.65. The van der Waals surface area contributed by atoms with Crippen LogP contribution in [0.1, 0.15) is 16.8 Å². The van der Waals surface area contributed by atoms with Crippen LogP contribution in [0.2, 0.25) is 5.02 Å². The summed E-state index contributed by atoms with van der Waals surface area (Å²) in [5.41, 5.74) is 0.512. The highest BCUT2D eigenvalue weighted by atomic mass is 35.5. The van der Waals surface area contributed by atoms with E-state index in [4.69, 9.17) is 11.6 Å². The summed E-state index contributed by atoms with van der Waals surface area (Å²) in [5.74, 6) is -0.525. The zero-order valence-electron chi connectivity index (χ0n) is 13.2. The molecule has 2 heterocycles. The van der Waals surface area contributed by atoms with Crippen molar-refractivity contribution in [3.8, 4) is 0 Å². The minimum Gasteiger partial charge on any atom is -0.367 e. The Morgan fingerprint density at radius 3 is 3.04 bits per heavy atom. The van der Waals surface area contributed by atoms with Crippen molar-refractivity contribution in [3.63, 3.8) is 0 Å². The minimum atomic E-state index is -0.696. The monoisotopic (exact) mass is 359 g/mol. The Labute approximate surface area is 148 Å². The first-order valence-electron chi connectivity index (χ1n) is 7.53. The van der Waals surface area contributed by atoms with E-state index in [1.54, 1.807) is 29.1 Å². The van der Waals surface area contributed by atoms with E-state index in [2.05, 4.69) is 27.2 Å². The number of rotatable bonds is 6. The Bertz CT molecular complexity index is 940. The molecule has 0 atom stereocenters. The molecule has 1 aromatic carbocycles. The van der Waals surface area contributed by atoms with Crippen LogP contribution < -0.4 is 10.6 Å². The van der Waals surface area contributed by atoms with Gasteiger partial charge in [-0.3, -0.25) is 4.79 Å². The number of halogens is 2. The summed E-state index contributed by atoms with van der Waals surface area (Å²) in [6.07, 6.45) is 7.49. The predicted octanol–water partition coefficient (Wildman–Crippen LogP) is 3.76. The van der Waals surface area contributed by atoms with Crippen molar-refractivity contribution >= 4 is 34.8 Å². The first kappa shape index (κ1) is 16.9. The van der Waals surface area contributed by atoms with Gasteiger partial charge in [-0.05, 0) is 24.6 Å². The fourth-order valence-electron chi connectivity index (χ4n) is 2.26. The standard InChI is InChI=1S/C17H15ClFN5O/c1-2-3-6-20-15-16-21-7-8-24(16)10-14(22-15)23-17(25)12-5-4-11(18)9-13(12)19/h2,4-5,7-10H,1,3,6H2,(H,20,22)(H,23,25). The van der Waals surface area contributed by atoms with Crippen LogP contribution in [-0.4, -0.2) is 26.8 Å². The molecule has 2 aromatic heterocycles. The summed E-state index contributed by atoms with van der Waals surface area (Å²) < 4.78 is 15.6. The van der Waals surface area contributed by atoms with Crippen molar-refractivity contribution in [2.75, 3.05) is 17.2 Å². The number of fused-ring (bicyclic) bond motifs is 1. The average Bonchev–Trinajstić information content (AvgIpc) is 3.03. The van der Waals surface area contributed by atoms with Crippen LogP contribution in [0, 0.1) is 5.82 Å².